The minimum absolute atomic E-state index is 0. The summed E-state index contributed by atoms with van der Waals surface area (Å²) in [5, 5.41) is 0. The molecule has 0 bridgehead atoms. The molecule has 8 heavy (non-hydrogen) atoms. The van der Waals surface area contributed by atoms with E-state index in [4.69, 9.17) is 6.42 Å². The molecule has 0 unspecified atom stereocenters. The molecule has 0 rings (SSSR count). The van der Waals surface area contributed by atoms with Crippen molar-refractivity contribution in [3.05, 3.63) is 12.3 Å². The van der Waals surface area contributed by atoms with E-state index in [1.165, 1.54) is 5.92 Å². The van der Waals surface area contributed by atoms with Crippen LogP contribution in [0, 0.1) is 18.8 Å². The van der Waals surface area contributed by atoms with Gasteiger partial charge >= 0.3 is 23.1 Å². The molecular weight excluding hydrogens is 176 g/mol. The molecule has 0 aliphatic heterocycles. The van der Waals surface area contributed by atoms with Gasteiger partial charge in [-0.1, -0.05) is 0 Å². The minimum Gasteiger partial charge on any atom is -0.697 e. The average Bonchev–Trinajstić information content (AvgIpc) is 1.41. The SMILES string of the molecule is Br.C[C-](C)C.[C-]#C.[Mg+2]. The molecule has 0 aliphatic rings. The quantitative estimate of drug-likeness (QED) is 0.309. The Balaban J connectivity index is -0.0000000183. The van der Waals surface area contributed by atoms with Gasteiger partial charge in [0.05, 0.1) is 0 Å². The van der Waals surface area contributed by atoms with E-state index < -0.39 is 0 Å². The van der Waals surface area contributed by atoms with Crippen LogP contribution in [0.4, 0.5) is 0 Å². The molecular formula is C6H11BrMg. The Morgan fingerprint density at radius 1 is 1.12 bits per heavy atom. The van der Waals surface area contributed by atoms with Gasteiger partial charge < -0.3 is 18.8 Å². The first-order chi connectivity index (χ1) is 2.73. The molecule has 0 nitrogen and oxygen atoms in total. The van der Waals surface area contributed by atoms with Gasteiger partial charge in [-0.3, -0.25) is 0 Å². The van der Waals surface area contributed by atoms with E-state index in [1.54, 1.807) is 0 Å². The number of rotatable bonds is 0. The van der Waals surface area contributed by atoms with Crippen LogP contribution in [0.2, 0.25) is 0 Å². The Bertz CT molecular complexity index is 30.0. The van der Waals surface area contributed by atoms with Gasteiger partial charge in [-0.25, -0.2) is 0 Å². The van der Waals surface area contributed by atoms with Gasteiger partial charge in [0.15, 0.2) is 0 Å². The maximum absolute atomic E-state index is 5.25. The molecule has 0 aromatic carbocycles. The molecule has 0 heterocycles. The first-order valence-electron chi connectivity index (χ1n) is 1.79. The average molecular weight is 187 g/mol. The Morgan fingerprint density at radius 2 is 1.12 bits per heavy atom. The molecule has 0 aliphatic carbocycles. The van der Waals surface area contributed by atoms with Crippen molar-refractivity contribution in [1.29, 1.82) is 0 Å². The monoisotopic (exact) mass is 186 g/mol. The van der Waals surface area contributed by atoms with Crippen molar-refractivity contribution in [1.82, 2.24) is 0 Å². The third kappa shape index (κ3) is 353. The molecule has 0 spiro atoms. The Morgan fingerprint density at radius 3 is 1.12 bits per heavy atom. The summed E-state index contributed by atoms with van der Waals surface area (Å²) in [6.07, 6.45) is 9.00. The van der Waals surface area contributed by atoms with Crippen LogP contribution in [0.1, 0.15) is 20.8 Å². The second kappa shape index (κ2) is 25.0. The Labute approximate surface area is 79.4 Å². The van der Waals surface area contributed by atoms with Crippen LogP contribution in [-0.4, -0.2) is 23.1 Å². The number of terminal acetylenes is 1. The van der Waals surface area contributed by atoms with Crippen LogP contribution in [-0.2, 0) is 0 Å². The van der Waals surface area contributed by atoms with Gasteiger partial charge in [0.1, 0.15) is 0 Å². The third-order valence-electron chi connectivity index (χ3n) is 0. The van der Waals surface area contributed by atoms with Gasteiger partial charge in [0.2, 0.25) is 0 Å². The smallest absolute Gasteiger partial charge is 0.697 e. The van der Waals surface area contributed by atoms with Gasteiger partial charge in [-0.2, -0.15) is 20.8 Å². The van der Waals surface area contributed by atoms with Gasteiger partial charge in [-0.05, 0) is 0 Å². The van der Waals surface area contributed by atoms with Crippen molar-refractivity contribution < 1.29 is 0 Å². The maximum atomic E-state index is 5.25. The van der Waals surface area contributed by atoms with E-state index >= 15 is 0 Å². The van der Waals surface area contributed by atoms with Crippen molar-refractivity contribution in [3.63, 3.8) is 0 Å². The predicted molar refractivity (Wildman–Crippen MR) is 44.5 cm³/mol. The second-order valence-corrected chi connectivity index (χ2v) is 1.50. The summed E-state index contributed by atoms with van der Waals surface area (Å²) in [6, 6.07) is 0. The standard InChI is InChI=1S/C4H9.C2H.BrH.Mg/c1-4(2)3;1-2;;/h1-3H3;1H;1H;/q2*-1;;+2. The molecule has 0 radical (unpaired) electrons. The zero-order chi connectivity index (χ0) is 5.58. The largest absolute Gasteiger partial charge is 2.00 e. The van der Waals surface area contributed by atoms with E-state index in [0.29, 0.717) is 0 Å². The van der Waals surface area contributed by atoms with Crippen molar-refractivity contribution in [3.8, 4) is 6.42 Å². The molecule has 0 saturated carbocycles. The zero-order valence-corrected chi connectivity index (χ0v) is 8.82. The van der Waals surface area contributed by atoms with Gasteiger partial charge in [0, 0.05) is 0 Å². The molecule has 0 N–H and O–H groups in total. The predicted octanol–water partition coefficient (Wildman–Crippen LogP) is 2.02. The topological polar surface area (TPSA) is 0 Å². The van der Waals surface area contributed by atoms with Crippen molar-refractivity contribution >= 4 is 40.0 Å². The summed E-state index contributed by atoms with van der Waals surface area (Å²) in [5.41, 5.74) is 0. The van der Waals surface area contributed by atoms with Gasteiger partial charge in [0.25, 0.3) is 0 Å². The number of hydrogen-bond donors (Lipinski definition) is 0. The van der Waals surface area contributed by atoms with Gasteiger partial charge in [-0.15, -0.1) is 17.0 Å². The van der Waals surface area contributed by atoms with Crippen molar-refractivity contribution in [2.45, 2.75) is 20.8 Å². The van der Waals surface area contributed by atoms with Crippen LogP contribution in [0.15, 0.2) is 0 Å². The molecule has 0 saturated heterocycles. The number of hydrogen-bond acceptors (Lipinski definition) is 0. The van der Waals surface area contributed by atoms with E-state index in [0.717, 1.165) is 0 Å². The molecule has 0 aromatic heterocycles. The van der Waals surface area contributed by atoms with E-state index in [-0.39, 0.29) is 40.0 Å². The fourth-order valence-corrected chi connectivity index (χ4v) is 0. The summed E-state index contributed by atoms with van der Waals surface area (Å²) in [5.74, 6) is 1.42. The summed E-state index contributed by atoms with van der Waals surface area (Å²) < 4.78 is 0. The summed E-state index contributed by atoms with van der Waals surface area (Å²) in [6.45, 7) is 6.25. The van der Waals surface area contributed by atoms with Crippen LogP contribution >= 0.6 is 17.0 Å². The zero-order valence-electron chi connectivity index (χ0n) is 5.69. The molecule has 0 fully saturated rings. The van der Waals surface area contributed by atoms with Crippen LogP contribution in [0.5, 0.6) is 0 Å². The molecule has 0 atom stereocenters. The first-order valence-corrected chi connectivity index (χ1v) is 1.79. The van der Waals surface area contributed by atoms with E-state index in [9.17, 15) is 0 Å². The van der Waals surface area contributed by atoms with E-state index in [1.807, 2.05) is 0 Å². The molecule has 0 aromatic rings. The first kappa shape index (κ1) is 23.2. The number of halogens is 1. The summed E-state index contributed by atoms with van der Waals surface area (Å²) in [4.78, 5) is 0. The fourth-order valence-electron chi connectivity index (χ4n) is 0. The minimum atomic E-state index is 0. The summed E-state index contributed by atoms with van der Waals surface area (Å²) in [7, 11) is 0. The molecule has 44 valence electrons. The Kier molecular flexibility index (Phi) is 72.5. The third-order valence-corrected chi connectivity index (χ3v) is 0. The van der Waals surface area contributed by atoms with Crippen LogP contribution in [0.25, 0.3) is 0 Å². The molecule has 0 amide bonds. The van der Waals surface area contributed by atoms with Crippen LogP contribution in [0.3, 0.4) is 0 Å². The second-order valence-electron chi connectivity index (χ2n) is 1.50. The van der Waals surface area contributed by atoms with Crippen molar-refractivity contribution in [2.24, 2.45) is 0 Å². The normalized spacial score (nSPS) is 4.75. The Hall–Kier alpha value is 0.806. The van der Waals surface area contributed by atoms with E-state index in [2.05, 4.69) is 27.2 Å². The summed E-state index contributed by atoms with van der Waals surface area (Å²) >= 11 is 0. The maximum Gasteiger partial charge on any atom is 2.00 e. The molecule has 2 heteroatoms. The van der Waals surface area contributed by atoms with Crippen molar-refractivity contribution in [2.75, 3.05) is 0 Å². The fraction of sp³-hybridized carbons (Fsp3) is 0.500. The van der Waals surface area contributed by atoms with Crippen LogP contribution < -0.4 is 0 Å².